The Hall–Kier alpha value is -1.33. The SMILES string of the molecule is CCC/C(=C(\B1OC(C)(C)C(C)(C)O1)c1ccc(Cl)cc1)[Si](C)(C)c1ccccc1. The molecule has 0 spiro atoms. The van der Waals surface area contributed by atoms with Crippen LogP contribution in [0.3, 0.4) is 0 Å². The first kappa shape index (κ1) is 23.3. The normalized spacial score (nSPS) is 19.0. The Labute approximate surface area is 188 Å². The summed E-state index contributed by atoms with van der Waals surface area (Å²) in [5.74, 6) is 0. The topological polar surface area (TPSA) is 18.5 Å². The standard InChI is InChI=1S/C25H34BClO2Si/c1-8-12-22(30(6,7)21-13-10-9-11-14-21)23(19-15-17-20(27)18-16-19)26-28-24(2,3)25(4,5)29-26/h9-11,13-18H,8,12H2,1-7H3/b23-22+. The van der Waals surface area contributed by atoms with Gasteiger partial charge in [-0.3, -0.25) is 0 Å². The van der Waals surface area contributed by atoms with Gasteiger partial charge in [0.05, 0.1) is 11.2 Å². The predicted molar refractivity (Wildman–Crippen MR) is 133 cm³/mol. The third kappa shape index (κ3) is 4.48. The van der Waals surface area contributed by atoms with Gasteiger partial charge in [0, 0.05) is 5.02 Å². The van der Waals surface area contributed by atoms with Crippen LogP contribution in [0.15, 0.2) is 59.8 Å². The fourth-order valence-electron chi connectivity index (χ4n) is 4.11. The van der Waals surface area contributed by atoms with Gasteiger partial charge in [-0.25, -0.2) is 0 Å². The van der Waals surface area contributed by atoms with Crippen LogP contribution in [0.1, 0.15) is 53.0 Å². The van der Waals surface area contributed by atoms with Gasteiger partial charge in [0.2, 0.25) is 0 Å². The maximum atomic E-state index is 6.58. The van der Waals surface area contributed by atoms with Gasteiger partial charge in [0.15, 0.2) is 0 Å². The molecule has 1 fully saturated rings. The molecule has 1 aliphatic rings. The molecule has 0 N–H and O–H groups in total. The van der Waals surface area contributed by atoms with Crippen LogP contribution < -0.4 is 5.19 Å². The summed E-state index contributed by atoms with van der Waals surface area (Å²) in [5, 5.41) is 3.65. The molecule has 0 atom stereocenters. The molecule has 0 amide bonds. The Balaban J connectivity index is 2.24. The van der Waals surface area contributed by atoms with Crippen molar-refractivity contribution in [3.63, 3.8) is 0 Å². The van der Waals surface area contributed by atoms with Crippen LogP contribution in [0.25, 0.3) is 5.47 Å². The van der Waals surface area contributed by atoms with Crippen LogP contribution in [0.4, 0.5) is 0 Å². The van der Waals surface area contributed by atoms with Crippen molar-refractivity contribution < 1.29 is 9.31 Å². The van der Waals surface area contributed by atoms with Crippen molar-refractivity contribution in [3.05, 3.63) is 70.4 Å². The molecule has 0 unspecified atom stereocenters. The molecule has 160 valence electrons. The van der Waals surface area contributed by atoms with Crippen LogP contribution in [0, 0.1) is 0 Å². The molecule has 0 bridgehead atoms. The van der Waals surface area contributed by atoms with Gasteiger partial charge in [0.25, 0.3) is 0 Å². The van der Waals surface area contributed by atoms with Crippen molar-refractivity contribution in [2.75, 3.05) is 0 Å². The zero-order chi connectivity index (χ0) is 22.2. The summed E-state index contributed by atoms with van der Waals surface area (Å²) in [6.07, 6.45) is 2.10. The smallest absolute Gasteiger partial charge is 0.399 e. The van der Waals surface area contributed by atoms with Crippen LogP contribution in [0.5, 0.6) is 0 Å². The highest BCUT2D eigenvalue weighted by molar-refractivity contribution is 6.98. The third-order valence-electron chi connectivity index (χ3n) is 6.72. The van der Waals surface area contributed by atoms with E-state index in [4.69, 9.17) is 20.9 Å². The van der Waals surface area contributed by atoms with Crippen LogP contribution >= 0.6 is 11.6 Å². The van der Waals surface area contributed by atoms with Gasteiger partial charge in [-0.2, -0.15) is 0 Å². The molecule has 0 saturated carbocycles. The number of benzene rings is 2. The van der Waals surface area contributed by atoms with E-state index in [1.165, 1.54) is 15.9 Å². The van der Waals surface area contributed by atoms with Crippen LogP contribution in [0.2, 0.25) is 18.1 Å². The highest BCUT2D eigenvalue weighted by atomic mass is 35.5. The lowest BCUT2D eigenvalue weighted by Gasteiger charge is -2.32. The number of halogens is 1. The molecule has 2 nitrogen and oxygen atoms in total. The maximum Gasteiger partial charge on any atom is 0.495 e. The van der Waals surface area contributed by atoms with E-state index in [0.717, 1.165) is 23.4 Å². The first-order valence-corrected chi connectivity index (χ1v) is 14.3. The van der Waals surface area contributed by atoms with Gasteiger partial charge in [0.1, 0.15) is 8.07 Å². The molecule has 0 radical (unpaired) electrons. The summed E-state index contributed by atoms with van der Waals surface area (Å²) in [4.78, 5) is 0. The van der Waals surface area contributed by atoms with Crippen molar-refractivity contribution in [2.45, 2.75) is 71.8 Å². The van der Waals surface area contributed by atoms with E-state index in [0.29, 0.717) is 0 Å². The molecule has 1 saturated heterocycles. The second kappa shape index (κ2) is 8.66. The summed E-state index contributed by atoms with van der Waals surface area (Å²) in [5.41, 5.74) is 1.56. The fraction of sp³-hybridized carbons (Fsp3) is 0.440. The molecule has 2 aromatic carbocycles. The summed E-state index contributed by atoms with van der Waals surface area (Å²) in [7, 11) is -2.36. The quantitative estimate of drug-likeness (QED) is 0.466. The highest BCUT2D eigenvalue weighted by Gasteiger charge is 2.53. The molecular weight excluding hydrogens is 407 g/mol. The van der Waals surface area contributed by atoms with E-state index in [1.807, 2.05) is 12.1 Å². The van der Waals surface area contributed by atoms with Gasteiger partial charge < -0.3 is 9.31 Å². The fourth-order valence-corrected chi connectivity index (χ4v) is 7.42. The molecule has 1 aliphatic heterocycles. The molecule has 30 heavy (non-hydrogen) atoms. The zero-order valence-corrected chi connectivity index (χ0v) is 21.1. The van der Waals surface area contributed by atoms with Gasteiger partial charge >= 0.3 is 7.12 Å². The van der Waals surface area contributed by atoms with E-state index in [1.54, 1.807) is 0 Å². The monoisotopic (exact) mass is 440 g/mol. The molecule has 3 rings (SSSR count). The second-order valence-electron chi connectivity index (χ2n) is 9.73. The van der Waals surface area contributed by atoms with Crippen molar-refractivity contribution in [1.82, 2.24) is 0 Å². The lowest BCUT2D eigenvalue weighted by Crippen LogP contribution is -2.45. The lowest BCUT2D eigenvalue weighted by atomic mass is 9.73. The molecule has 5 heteroatoms. The van der Waals surface area contributed by atoms with Gasteiger partial charge in [-0.15, -0.1) is 0 Å². The number of hydrogen-bond acceptors (Lipinski definition) is 2. The van der Waals surface area contributed by atoms with E-state index >= 15 is 0 Å². The van der Waals surface area contributed by atoms with E-state index in [9.17, 15) is 0 Å². The molecular formula is C25H34BClO2Si. The van der Waals surface area contributed by atoms with Crippen molar-refractivity contribution in [3.8, 4) is 0 Å². The van der Waals surface area contributed by atoms with Crippen LogP contribution in [-0.4, -0.2) is 26.4 Å². The highest BCUT2D eigenvalue weighted by Crippen LogP contribution is 2.43. The number of hydrogen-bond donors (Lipinski definition) is 0. The summed E-state index contributed by atoms with van der Waals surface area (Å²) in [6.45, 7) is 15.6. The average Bonchev–Trinajstić information content (AvgIpc) is 2.90. The Morgan fingerprint density at radius 2 is 1.43 bits per heavy atom. The minimum atomic E-state index is -1.96. The average molecular weight is 441 g/mol. The molecule has 0 aliphatic carbocycles. The van der Waals surface area contributed by atoms with E-state index < -0.39 is 15.2 Å². The Morgan fingerprint density at radius 3 is 1.93 bits per heavy atom. The maximum absolute atomic E-state index is 6.58. The predicted octanol–water partition coefficient (Wildman–Crippen LogP) is 6.68. The van der Waals surface area contributed by atoms with E-state index in [-0.39, 0.29) is 11.2 Å². The molecule has 2 aromatic rings. The summed E-state index contributed by atoms with van der Waals surface area (Å²) >= 11 is 6.22. The van der Waals surface area contributed by atoms with Crippen molar-refractivity contribution in [2.24, 2.45) is 0 Å². The second-order valence-corrected chi connectivity index (χ2v) is 14.6. The third-order valence-corrected chi connectivity index (χ3v) is 10.8. The molecule has 1 heterocycles. The Bertz CT molecular complexity index is 889. The zero-order valence-electron chi connectivity index (χ0n) is 19.4. The van der Waals surface area contributed by atoms with Gasteiger partial charge in [-0.05, 0) is 57.3 Å². The largest absolute Gasteiger partial charge is 0.495 e. The Kier molecular flexibility index (Phi) is 6.74. The summed E-state index contributed by atoms with van der Waals surface area (Å²) in [6, 6.07) is 19.0. The first-order valence-electron chi connectivity index (χ1n) is 10.9. The van der Waals surface area contributed by atoms with Gasteiger partial charge in [-0.1, -0.05) is 90.9 Å². The molecule has 0 aromatic heterocycles. The minimum Gasteiger partial charge on any atom is -0.399 e. The van der Waals surface area contributed by atoms with Crippen molar-refractivity contribution in [1.29, 1.82) is 0 Å². The Morgan fingerprint density at radius 1 is 0.900 bits per heavy atom. The van der Waals surface area contributed by atoms with E-state index in [2.05, 4.69) is 90.2 Å². The van der Waals surface area contributed by atoms with Crippen LogP contribution in [-0.2, 0) is 9.31 Å². The summed E-state index contributed by atoms with van der Waals surface area (Å²) < 4.78 is 13.2. The lowest BCUT2D eigenvalue weighted by molar-refractivity contribution is 0.00578. The first-order chi connectivity index (χ1) is 14.0. The number of rotatable bonds is 6. The minimum absolute atomic E-state index is 0.384. The number of allylic oxidation sites excluding steroid dienone is 1. The van der Waals surface area contributed by atoms with Crippen molar-refractivity contribution >= 4 is 37.5 Å².